The van der Waals surface area contributed by atoms with Crippen molar-refractivity contribution in [1.29, 1.82) is 0 Å². The highest BCUT2D eigenvalue weighted by Crippen LogP contribution is 2.36. The summed E-state index contributed by atoms with van der Waals surface area (Å²) in [5.41, 5.74) is 0.679. The molecule has 1 fully saturated rings. The highest BCUT2D eigenvalue weighted by molar-refractivity contribution is 14.1. The lowest BCUT2D eigenvalue weighted by atomic mass is 10.2. The van der Waals surface area contributed by atoms with Gasteiger partial charge in [0.15, 0.2) is 11.5 Å². The summed E-state index contributed by atoms with van der Waals surface area (Å²) in [5.74, 6) is 0.0282. The van der Waals surface area contributed by atoms with Crippen molar-refractivity contribution in [3.8, 4) is 11.5 Å². The third-order valence-corrected chi connectivity index (χ3v) is 4.48. The molecule has 7 heteroatoms. The summed E-state index contributed by atoms with van der Waals surface area (Å²) < 4.78 is 5.67. The van der Waals surface area contributed by atoms with Crippen LogP contribution in [0.5, 0.6) is 11.5 Å². The lowest BCUT2D eigenvalue weighted by Crippen LogP contribution is -2.27. The maximum Gasteiger partial charge on any atom is 0.293 e. The number of thioether (sulfide) groups is 1. The molecule has 0 aliphatic carbocycles. The summed E-state index contributed by atoms with van der Waals surface area (Å²) >= 11 is 2.86. The molecule has 0 bridgehead atoms. The van der Waals surface area contributed by atoms with Crippen LogP contribution in [0, 0.1) is 3.57 Å². The van der Waals surface area contributed by atoms with Crippen LogP contribution in [0.1, 0.15) is 5.56 Å². The summed E-state index contributed by atoms with van der Waals surface area (Å²) in [5, 5.41) is 9.48. The highest BCUT2D eigenvalue weighted by Gasteiger charge is 2.34. The van der Waals surface area contributed by atoms with Gasteiger partial charge in [0, 0.05) is 6.54 Å². The monoisotopic (exact) mass is 417 g/mol. The lowest BCUT2D eigenvalue weighted by molar-refractivity contribution is -0.122. The van der Waals surface area contributed by atoms with Gasteiger partial charge in [-0.05, 0) is 58.1 Å². The van der Waals surface area contributed by atoms with Crippen LogP contribution in [-0.4, -0.2) is 34.8 Å². The predicted molar refractivity (Wildman–Crippen MR) is 90.2 cm³/mol. The minimum Gasteiger partial charge on any atom is -0.504 e. The molecule has 0 atom stereocenters. The van der Waals surface area contributed by atoms with E-state index in [1.165, 1.54) is 13.2 Å². The van der Waals surface area contributed by atoms with Gasteiger partial charge >= 0.3 is 0 Å². The molecule has 0 unspecified atom stereocenters. The van der Waals surface area contributed by atoms with E-state index in [9.17, 15) is 14.7 Å². The van der Waals surface area contributed by atoms with Gasteiger partial charge in [0.25, 0.3) is 11.1 Å². The highest BCUT2D eigenvalue weighted by atomic mass is 127. The molecule has 110 valence electrons. The zero-order valence-electron chi connectivity index (χ0n) is 11.1. The second-order valence-corrected chi connectivity index (χ2v) is 6.29. The first kappa shape index (κ1) is 15.9. The summed E-state index contributed by atoms with van der Waals surface area (Å²) in [4.78, 5) is 25.3. The fourth-order valence-electron chi connectivity index (χ4n) is 1.77. The van der Waals surface area contributed by atoms with Crippen LogP contribution in [-0.2, 0) is 4.79 Å². The molecule has 1 aromatic carbocycles. The number of nitrogens with zero attached hydrogens (tertiary/aromatic N) is 1. The molecule has 1 aliphatic rings. The standard InChI is InChI=1S/C14H12INO4S/c1-3-4-16-13(18)11(21-14(16)19)7-8-5-9(15)12(17)10(6-8)20-2/h3,5-7,17H,1,4H2,2H3/b11-7+. The predicted octanol–water partition coefficient (Wildman–Crippen LogP) is 3.23. The Labute approximate surface area is 139 Å². The zero-order valence-corrected chi connectivity index (χ0v) is 14.1. The number of methoxy groups -OCH3 is 1. The largest absolute Gasteiger partial charge is 0.504 e. The Hall–Kier alpha value is -1.48. The average Bonchev–Trinajstić information content (AvgIpc) is 2.70. The van der Waals surface area contributed by atoms with Gasteiger partial charge in [-0.25, -0.2) is 0 Å². The second-order valence-electron chi connectivity index (χ2n) is 4.13. The molecular formula is C14H12INO4S. The second kappa shape index (κ2) is 6.52. The van der Waals surface area contributed by atoms with Gasteiger partial charge in [-0.1, -0.05) is 6.08 Å². The van der Waals surface area contributed by atoms with Crippen molar-refractivity contribution in [3.63, 3.8) is 0 Å². The van der Waals surface area contributed by atoms with E-state index < -0.39 is 0 Å². The molecule has 1 N–H and O–H groups in total. The van der Waals surface area contributed by atoms with Crippen molar-refractivity contribution in [2.45, 2.75) is 0 Å². The molecular weight excluding hydrogens is 405 g/mol. The van der Waals surface area contributed by atoms with Crippen LogP contribution in [0.4, 0.5) is 4.79 Å². The number of carbonyl (C=O) groups excluding carboxylic acids is 2. The molecule has 21 heavy (non-hydrogen) atoms. The number of imide groups is 1. The number of hydrogen-bond donors (Lipinski definition) is 1. The van der Waals surface area contributed by atoms with Gasteiger partial charge < -0.3 is 9.84 Å². The van der Waals surface area contributed by atoms with Crippen LogP contribution in [0.15, 0.2) is 29.7 Å². The molecule has 5 nitrogen and oxygen atoms in total. The van der Waals surface area contributed by atoms with Gasteiger partial charge in [-0.3, -0.25) is 14.5 Å². The Morgan fingerprint density at radius 2 is 2.19 bits per heavy atom. The molecule has 0 aromatic heterocycles. The van der Waals surface area contributed by atoms with Crippen molar-refractivity contribution in [3.05, 3.63) is 38.8 Å². The van der Waals surface area contributed by atoms with Gasteiger partial charge in [0.1, 0.15) is 0 Å². The Kier molecular flexibility index (Phi) is 4.94. The lowest BCUT2D eigenvalue weighted by Gasteiger charge is -2.08. The fraction of sp³-hybridized carbons (Fsp3) is 0.143. The third-order valence-electron chi connectivity index (χ3n) is 2.75. The summed E-state index contributed by atoms with van der Waals surface area (Å²) in [6.45, 7) is 3.72. The SMILES string of the molecule is C=CCN1C(=O)S/C(=C/c2cc(I)c(O)c(OC)c2)C1=O. The van der Waals surface area contributed by atoms with Crippen LogP contribution >= 0.6 is 34.4 Å². The number of phenolic OH excluding ortho intramolecular Hbond substituents is 1. The minimum atomic E-state index is -0.341. The van der Waals surface area contributed by atoms with Gasteiger partial charge in [-0.2, -0.15) is 0 Å². The Morgan fingerprint density at radius 3 is 2.81 bits per heavy atom. The number of rotatable bonds is 4. The number of phenols is 1. The smallest absolute Gasteiger partial charge is 0.293 e. The quantitative estimate of drug-likeness (QED) is 0.463. The summed E-state index contributed by atoms with van der Waals surface area (Å²) in [6.07, 6.45) is 3.12. The number of amides is 2. The van der Waals surface area contributed by atoms with Crippen LogP contribution < -0.4 is 4.74 Å². The number of carbonyl (C=O) groups is 2. The van der Waals surface area contributed by atoms with Crippen molar-refractivity contribution >= 4 is 51.6 Å². The van der Waals surface area contributed by atoms with E-state index in [4.69, 9.17) is 4.74 Å². The van der Waals surface area contributed by atoms with E-state index in [0.717, 1.165) is 16.7 Å². The first-order valence-corrected chi connectivity index (χ1v) is 7.80. The molecule has 0 saturated carbocycles. The molecule has 0 spiro atoms. The normalized spacial score (nSPS) is 16.7. The van der Waals surface area contributed by atoms with E-state index in [0.29, 0.717) is 19.8 Å². The summed E-state index contributed by atoms with van der Waals surface area (Å²) in [7, 11) is 1.45. The van der Waals surface area contributed by atoms with Crippen LogP contribution in [0.3, 0.4) is 0 Å². The maximum absolute atomic E-state index is 12.1. The molecule has 1 aromatic rings. The number of aromatic hydroxyl groups is 1. The molecule has 2 amide bonds. The summed E-state index contributed by atoms with van der Waals surface area (Å²) in [6, 6.07) is 3.32. The Morgan fingerprint density at radius 1 is 1.48 bits per heavy atom. The average molecular weight is 417 g/mol. The van der Waals surface area contributed by atoms with Crippen LogP contribution in [0.2, 0.25) is 0 Å². The Balaban J connectivity index is 2.37. The van der Waals surface area contributed by atoms with Gasteiger partial charge in [0.05, 0.1) is 15.6 Å². The third kappa shape index (κ3) is 3.24. The van der Waals surface area contributed by atoms with E-state index in [2.05, 4.69) is 6.58 Å². The van der Waals surface area contributed by atoms with Crippen molar-refractivity contribution in [1.82, 2.24) is 4.90 Å². The van der Waals surface area contributed by atoms with Crippen molar-refractivity contribution in [2.24, 2.45) is 0 Å². The number of ether oxygens (including phenoxy) is 1. The number of benzene rings is 1. The first-order valence-electron chi connectivity index (χ1n) is 5.90. The molecule has 2 rings (SSSR count). The molecule has 0 radical (unpaired) electrons. The topological polar surface area (TPSA) is 66.8 Å². The van der Waals surface area contributed by atoms with E-state index >= 15 is 0 Å². The van der Waals surface area contributed by atoms with Crippen molar-refractivity contribution < 1.29 is 19.4 Å². The maximum atomic E-state index is 12.1. The molecule has 1 heterocycles. The number of halogens is 1. The van der Waals surface area contributed by atoms with E-state index in [1.54, 1.807) is 18.2 Å². The Bertz CT molecular complexity index is 657. The number of hydrogen-bond acceptors (Lipinski definition) is 5. The first-order chi connectivity index (χ1) is 9.97. The van der Waals surface area contributed by atoms with Crippen molar-refractivity contribution in [2.75, 3.05) is 13.7 Å². The van der Waals surface area contributed by atoms with Crippen LogP contribution in [0.25, 0.3) is 6.08 Å². The van der Waals surface area contributed by atoms with E-state index in [-0.39, 0.29) is 23.4 Å². The molecule has 1 aliphatic heterocycles. The molecule has 1 saturated heterocycles. The minimum absolute atomic E-state index is 0.0509. The fourth-order valence-corrected chi connectivity index (χ4v) is 3.24. The van der Waals surface area contributed by atoms with Gasteiger partial charge in [-0.15, -0.1) is 6.58 Å². The zero-order chi connectivity index (χ0) is 15.6. The van der Waals surface area contributed by atoms with E-state index in [1.807, 2.05) is 22.6 Å². The van der Waals surface area contributed by atoms with Gasteiger partial charge in [0.2, 0.25) is 0 Å².